The molecule has 8 heteroatoms. The van der Waals surface area contributed by atoms with Crippen molar-refractivity contribution in [3.63, 3.8) is 0 Å². The molecule has 0 saturated heterocycles. The second-order valence-electron chi connectivity index (χ2n) is 5.86. The third-order valence-electron chi connectivity index (χ3n) is 3.84. The molecule has 0 bridgehead atoms. The van der Waals surface area contributed by atoms with Crippen LogP contribution in [0.2, 0.25) is 0 Å². The van der Waals surface area contributed by atoms with Gasteiger partial charge in [0.2, 0.25) is 0 Å². The van der Waals surface area contributed by atoms with Crippen LogP contribution in [0, 0.1) is 0 Å². The summed E-state index contributed by atoms with van der Waals surface area (Å²) in [5.74, 6) is -0.486. The highest BCUT2D eigenvalue weighted by Crippen LogP contribution is 2.22. The zero-order chi connectivity index (χ0) is 19.8. The summed E-state index contributed by atoms with van der Waals surface area (Å²) in [5, 5.41) is 5.63. The molecular formula is C20H19N3O3S2. The first-order valence-corrected chi connectivity index (χ1v) is 10.9. The van der Waals surface area contributed by atoms with Gasteiger partial charge in [0.05, 0.1) is 11.3 Å². The summed E-state index contributed by atoms with van der Waals surface area (Å²) >= 11 is 1.11. The van der Waals surface area contributed by atoms with Crippen molar-refractivity contribution in [1.82, 2.24) is 5.43 Å². The molecule has 1 amide bonds. The molecule has 3 aromatic rings. The van der Waals surface area contributed by atoms with E-state index in [-0.39, 0.29) is 15.5 Å². The minimum atomic E-state index is -3.74. The Morgan fingerprint density at radius 3 is 2.50 bits per heavy atom. The quantitative estimate of drug-likeness (QED) is 0.434. The van der Waals surface area contributed by atoms with Crippen LogP contribution in [-0.2, 0) is 16.4 Å². The highest BCUT2D eigenvalue weighted by Gasteiger charge is 2.19. The van der Waals surface area contributed by atoms with Crippen molar-refractivity contribution >= 4 is 39.2 Å². The Morgan fingerprint density at radius 1 is 1.00 bits per heavy atom. The van der Waals surface area contributed by atoms with Gasteiger partial charge in [-0.25, -0.2) is 13.8 Å². The van der Waals surface area contributed by atoms with Crippen molar-refractivity contribution in [2.45, 2.75) is 17.1 Å². The van der Waals surface area contributed by atoms with Crippen LogP contribution >= 0.6 is 11.3 Å². The Hall–Kier alpha value is -2.97. The summed E-state index contributed by atoms with van der Waals surface area (Å²) < 4.78 is 27.5. The molecule has 1 aromatic heterocycles. The second-order valence-corrected chi connectivity index (χ2v) is 8.72. The van der Waals surface area contributed by atoms with E-state index in [0.29, 0.717) is 6.42 Å². The van der Waals surface area contributed by atoms with Gasteiger partial charge in [0.1, 0.15) is 4.21 Å². The van der Waals surface area contributed by atoms with Crippen LogP contribution in [0.4, 0.5) is 5.69 Å². The Bertz CT molecular complexity index is 1050. The van der Waals surface area contributed by atoms with Crippen molar-refractivity contribution in [2.75, 3.05) is 4.72 Å². The van der Waals surface area contributed by atoms with Crippen molar-refractivity contribution in [1.29, 1.82) is 0 Å². The number of aryl methyl sites for hydroxylation is 1. The highest BCUT2D eigenvalue weighted by molar-refractivity contribution is 7.94. The number of carbonyl (C=O) groups is 1. The molecule has 2 N–H and O–H groups in total. The number of thiophene rings is 1. The summed E-state index contributed by atoms with van der Waals surface area (Å²) in [6.45, 7) is 0. The van der Waals surface area contributed by atoms with Crippen LogP contribution in [0.1, 0.15) is 22.3 Å². The Balaban J connectivity index is 1.62. The predicted molar refractivity (Wildman–Crippen MR) is 112 cm³/mol. The van der Waals surface area contributed by atoms with Crippen LogP contribution in [-0.4, -0.2) is 20.5 Å². The summed E-state index contributed by atoms with van der Waals surface area (Å²) in [5.41, 5.74) is 4.03. The summed E-state index contributed by atoms with van der Waals surface area (Å²) in [6, 6.07) is 19.5. The number of nitrogens with zero attached hydrogens (tertiary/aromatic N) is 1. The summed E-state index contributed by atoms with van der Waals surface area (Å²) in [6.07, 6.45) is 3.12. The zero-order valence-electron chi connectivity index (χ0n) is 14.9. The first kappa shape index (κ1) is 19.8. The van der Waals surface area contributed by atoms with E-state index in [9.17, 15) is 13.2 Å². The average Bonchev–Trinajstić information content (AvgIpc) is 3.24. The molecule has 0 aliphatic carbocycles. The Morgan fingerprint density at radius 2 is 1.75 bits per heavy atom. The van der Waals surface area contributed by atoms with Crippen LogP contribution in [0.15, 0.2) is 81.4 Å². The fraction of sp³-hybridized carbons (Fsp3) is 0.100. The molecule has 0 radical (unpaired) electrons. The standard InChI is InChI=1S/C20H19N3O3S2/c24-20(22-21-14-6-10-16-8-2-1-3-9-16)17-11-4-5-12-18(17)23-28(25,26)19-13-7-15-27-19/h1-5,7-9,11-15,23H,6,10H2,(H,22,24)/b21-14-. The van der Waals surface area contributed by atoms with Crippen LogP contribution in [0.3, 0.4) is 0 Å². The van der Waals surface area contributed by atoms with Gasteiger partial charge < -0.3 is 0 Å². The van der Waals surface area contributed by atoms with E-state index in [2.05, 4.69) is 15.2 Å². The molecule has 0 spiro atoms. The van der Waals surface area contributed by atoms with Gasteiger partial charge >= 0.3 is 0 Å². The lowest BCUT2D eigenvalue weighted by atomic mass is 10.1. The molecule has 28 heavy (non-hydrogen) atoms. The monoisotopic (exact) mass is 413 g/mol. The minimum Gasteiger partial charge on any atom is -0.278 e. The molecule has 6 nitrogen and oxygen atoms in total. The van der Waals surface area contributed by atoms with Crippen LogP contribution in [0.5, 0.6) is 0 Å². The minimum absolute atomic E-state index is 0.182. The molecule has 144 valence electrons. The molecule has 1 heterocycles. The first-order chi connectivity index (χ1) is 13.6. The van der Waals surface area contributed by atoms with Crippen LogP contribution in [0.25, 0.3) is 0 Å². The SMILES string of the molecule is O=C(N/N=C\CCc1ccccc1)c1ccccc1NS(=O)(=O)c1cccs1. The molecule has 0 unspecified atom stereocenters. The van der Waals surface area contributed by atoms with E-state index in [1.807, 2.05) is 30.3 Å². The topological polar surface area (TPSA) is 87.6 Å². The number of carbonyl (C=O) groups excluding carboxylic acids is 1. The van der Waals surface area contributed by atoms with E-state index in [1.54, 1.807) is 41.9 Å². The Labute approximate surface area is 168 Å². The smallest absolute Gasteiger partial charge is 0.273 e. The maximum atomic E-state index is 12.4. The lowest BCUT2D eigenvalue weighted by molar-refractivity contribution is 0.0956. The second kappa shape index (κ2) is 9.29. The molecule has 0 atom stereocenters. The average molecular weight is 414 g/mol. The highest BCUT2D eigenvalue weighted by atomic mass is 32.2. The predicted octanol–water partition coefficient (Wildman–Crippen LogP) is 3.90. The lowest BCUT2D eigenvalue weighted by Crippen LogP contribution is -2.21. The molecule has 0 saturated carbocycles. The Kier molecular flexibility index (Phi) is 6.57. The van der Waals surface area contributed by atoms with Gasteiger partial charge in [0, 0.05) is 6.21 Å². The number of para-hydroxylation sites is 1. The number of benzene rings is 2. The van der Waals surface area contributed by atoms with Gasteiger partial charge in [0.25, 0.3) is 15.9 Å². The molecule has 0 aliphatic heterocycles. The summed E-state index contributed by atoms with van der Waals surface area (Å²) in [4.78, 5) is 12.4. The van der Waals surface area contributed by atoms with Crippen molar-refractivity contribution in [2.24, 2.45) is 5.10 Å². The lowest BCUT2D eigenvalue weighted by Gasteiger charge is -2.10. The number of amides is 1. The van der Waals surface area contributed by atoms with E-state index < -0.39 is 15.9 Å². The van der Waals surface area contributed by atoms with Gasteiger partial charge in [-0.3, -0.25) is 9.52 Å². The number of hydrogen-bond donors (Lipinski definition) is 2. The van der Waals surface area contributed by atoms with Crippen molar-refractivity contribution in [3.05, 3.63) is 83.2 Å². The molecule has 3 rings (SSSR count). The zero-order valence-corrected chi connectivity index (χ0v) is 16.5. The maximum absolute atomic E-state index is 12.4. The molecule has 0 aliphatic rings. The van der Waals surface area contributed by atoms with E-state index in [0.717, 1.165) is 17.8 Å². The first-order valence-electron chi connectivity index (χ1n) is 8.57. The van der Waals surface area contributed by atoms with E-state index in [4.69, 9.17) is 0 Å². The van der Waals surface area contributed by atoms with Crippen molar-refractivity contribution < 1.29 is 13.2 Å². The van der Waals surface area contributed by atoms with Gasteiger partial charge in [-0.1, -0.05) is 48.5 Å². The molecular weight excluding hydrogens is 394 g/mol. The number of nitrogens with one attached hydrogen (secondary N) is 2. The maximum Gasteiger partial charge on any atom is 0.273 e. The fourth-order valence-corrected chi connectivity index (χ4v) is 4.56. The largest absolute Gasteiger partial charge is 0.278 e. The number of anilines is 1. The number of rotatable bonds is 8. The number of hydrogen-bond acceptors (Lipinski definition) is 5. The van der Waals surface area contributed by atoms with Crippen LogP contribution < -0.4 is 10.1 Å². The van der Waals surface area contributed by atoms with Gasteiger partial charge in [0.15, 0.2) is 0 Å². The van der Waals surface area contributed by atoms with Crippen molar-refractivity contribution in [3.8, 4) is 0 Å². The normalized spacial score (nSPS) is 11.4. The third-order valence-corrected chi connectivity index (χ3v) is 6.60. The third kappa shape index (κ3) is 5.28. The van der Waals surface area contributed by atoms with E-state index in [1.165, 1.54) is 11.6 Å². The number of sulfonamides is 1. The fourth-order valence-electron chi connectivity index (χ4n) is 2.49. The van der Waals surface area contributed by atoms with E-state index >= 15 is 0 Å². The number of hydrazone groups is 1. The van der Waals surface area contributed by atoms with Gasteiger partial charge in [-0.05, 0) is 42.0 Å². The van der Waals surface area contributed by atoms with Gasteiger partial charge in [-0.15, -0.1) is 11.3 Å². The summed E-state index contributed by atoms with van der Waals surface area (Å²) in [7, 11) is -3.74. The molecule has 0 fully saturated rings. The van der Waals surface area contributed by atoms with Gasteiger partial charge in [-0.2, -0.15) is 5.10 Å². The molecule has 2 aromatic carbocycles.